The van der Waals surface area contributed by atoms with Crippen LogP contribution in [0.5, 0.6) is 5.75 Å². The summed E-state index contributed by atoms with van der Waals surface area (Å²) in [6.07, 6.45) is 6.27. The molecule has 0 aliphatic rings. The molecule has 1 aromatic carbocycles. The molecule has 1 N–H and O–H groups in total. The third kappa shape index (κ3) is 4.13. The highest BCUT2D eigenvalue weighted by Gasteiger charge is 2.24. The number of amides is 1. The summed E-state index contributed by atoms with van der Waals surface area (Å²) in [5, 5.41) is 3.03. The van der Waals surface area contributed by atoms with Crippen LogP contribution >= 0.6 is 0 Å². The molecular weight excluding hydrogens is 338 g/mol. The van der Waals surface area contributed by atoms with Crippen LogP contribution in [-0.4, -0.2) is 28.9 Å². The van der Waals surface area contributed by atoms with Crippen molar-refractivity contribution in [1.29, 1.82) is 0 Å². The summed E-state index contributed by atoms with van der Waals surface area (Å²) >= 11 is 0. The number of aryl methyl sites for hydroxylation is 1. The number of carbonyl (C=O) groups excluding carboxylic acids is 1. The number of carbonyl (C=O) groups is 1. The van der Waals surface area contributed by atoms with Gasteiger partial charge in [0, 0.05) is 36.8 Å². The molecule has 3 rings (SSSR count). The van der Waals surface area contributed by atoms with Crippen molar-refractivity contribution in [2.75, 3.05) is 13.7 Å². The molecule has 0 aliphatic carbocycles. The second kappa shape index (κ2) is 8.71. The van der Waals surface area contributed by atoms with Gasteiger partial charge in [-0.1, -0.05) is 37.6 Å². The molecule has 142 valence electrons. The second-order valence-corrected chi connectivity index (χ2v) is 6.77. The summed E-state index contributed by atoms with van der Waals surface area (Å²) in [5.74, 6) is 0.688. The molecule has 27 heavy (non-hydrogen) atoms. The maximum atomic E-state index is 12.6. The van der Waals surface area contributed by atoms with Gasteiger partial charge < -0.3 is 14.5 Å². The first-order chi connectivity index (χ1) is 13.2. The number of rotatable bonds is 8. The van der Waals surface area contributed by atoms with E-state index in [2.05, 4.69) is 21.6 Å². The van der Waals surface area contributed by atoms with E-state index in [9.17, 15) is 4.79 Å². The highest BCUT2D eigenvalue weighted by molar-refractivity contribution is 5.77. The second-order valence-electron chi connectivity index (χ2n) is 6.77. The Morgan fingerprint density at radius 1 is 1.26 bits per heavy atom. The summed E-state index contributed by atoms with van der Waals surface area (Å²) in [5.41, 5.74) is 4.01. The van der Waals surface area contributed by atoms with Gasteiger partial charge in [-0.2, -0.15) is 0 Å². The average molecular weight is 365 g/mol. The molecule has 0 saturated carbocycles. The first-order valence-corrected chi connectivity index (χ1v) is 9.47. The number of methoxy groups -OCH3 is 1. The fourth-order valence-corrected chi connectivity index (χ4v) is 3.42. The van der Waals surface area contributed by atoms with Gasteiger partial charge in [0.1, 0.15) is 11.4 Å². The first-order valence-electron chi connectivity index (χ1n) is 9.47. The van der Waals surface area contributed by atoms with Crippen molar-refractivity contribution >= 4 is 11.6 Å². The lowest BCUT2D eigenvalue weighted by Gasteiger charge is -2.20. The number of pyridine rings is 1. The molecule has 0 radical (unpaired) electrons. The van der Waals surface area contributed by atoms with Crippen molar-refractivity contribution in [1.82, 2.24) is 14.7 Å². The Balaban J connectivity index is 2.01. The monoisotopic (exact) mass is 365 g/mol. The smallest absolute Gasteiger partial charge is 0.221 e. The molecule has 5 heteroatoms. The first kappa shape index (κ1) is 19.0. The highest BCUT2D eigenvalue weighted by atomic mass is 16.5. The molecule has 0 bridgehead atoms. The molecule has 1 atom stereocenters. The van der Waals surface area contributed by atoms with Gasteiger partial charge in [0.15, 0.2) is 0 Å². The van der Waals surface area contributed by atoms with Crippen molar-refractivity contribution in [3.8, 4) is 5.75 Å². The average Bonchev–Trinajstić information content (AvgIpc) is 3.11. The van der Waals surface area contributed by atoms with E-state index in [1.165, 1.54) is 0 Å². The Hall–Kier alpha value is -2.82. The van der Waals surface area contributed by atoms with Gasteiger partial charge in [-0.25, -0.2) is 4.98 Å². The maximum absolute atomic E-state index is 12.6. The van der Waals surface area contributed by atoms with Crippen LogP contribution in [0.15, 0.2) is 48.8 Å². The number of para-hydroxylation sites is 1. The summed E-state index contributed by atoms with van der Waals surface area (Å²) < 4.78 is 7.65. The minimum Gasteiger partial charge on any atom is -0.496 e. The lowest BCUT2D eigenvalue weighted by molar-refractivity contribution is -0.121. The Labute approximate surface area is 160 Å². The molecule has 3 aromatic rings. The number of nitrogens with one attached hydrogen (secondary N) is 1. The number of hydrogen-bond donors (Lipinski definition) is 1. The summed E-state index contributed by atoms with van der Waals surface area (Å²) in [4.78, 5) is 17.2. The predicted molar refractivity (Wildman–Crippen MR) is 107 cm³/mol. The van der Waals surface area contributed by atoms with Crippen LogP contribution in [0.3, 0.4) is 0 Å². The molecule has 0 saturated heterocycles. The summed E-state index contributed by atoms with van der Waals surface area (Å²) in [7, 11) is 1.66. The normalized spacial score (nSPS) is 12.1. The number of ether oxygens (including phenoxy) is 1. The van der Waals surface area contributed by atoms with Crippen LogP contribution < -0.4 is 10.1 Å². The number of benzene rings is 1. The van der Waals surface area contributed by atoms with Crippen LogP contribution in [0.2, 0.25) is 0 Å². The standard InChI is InChI=1S/C22H27N3O2/c1-4-5-12-23-21(26)14-18(17-10-6-7-11-20(17)27-3)19-15-24-22-16(2)9-8-13-25(19)22/h6-11,13,15,18H,4-5,12,14H2,1-3H3,(H,23,26). The van der Waals surface area contributed by atoms with E-state index in [0.29, 0.717) is 13.0 Å². The highest BCUT2D eigenvalue weighted by Crippen LogP contribution is 2.34. The fourth-order valence-electron chi connectivity index (χ4n) is 3.42. The van der Waals surface area contributed by atoms with Crippen LogP contribution in [0.25, 0.3) is 5.65 Å². The molecule has 2 heterocycles. The van der Waals surface area contributed by atoms with Gasteiger partial charge in [0.05, 0.1) is 12.8 Å². The fraction of sp³-hybridized carbons (Fsp3) is 0.364. The Morgan fingerprint density at radius 2 is 2.07 bits per heavy atom. The minimum atomic E-state index is -0.139. The maximum Gasteiger partial charge on any atom is 0.221 e. The Bertz CT molecular complexity index is 917. The topological polar surface area (TPSA) is 55.6 Å². The van der Waals surface area contributed by atoms with Gasteiger partial charge in [0.25, 0.3) is 0 Å². The molecule has 0 spiro atoms. The molecule has 5 nitrogen and oxygen atoms in total. The molecule has 1 amide bonds. The van der Waals surface area contributed by atoms with E-state index in [1.54, 1.807) is 7.11 Å². The van der Waals surface area contributed by atoms with E-state index < -0.39 is 0 Å². The number of hydrogen-bond acceptors (Lipinski definition) is 3. The van der Waals surface area contributed by atoms with Gasteiger partial charge in [-0.3, -0.25) is 4.79 Å². The van der Waals surface area contributed by atoms with Crippen LogP contribution in [-0.2, 0) is 4.79 Å². The SMILES string of the molecule is CCCCNC(=O)CC(c1ccccc1OC)c1cnc2c(C)cccn12. The number of aromatic nitrogens is 2. The molecule has 1 unspecified atom stereocenters. The third-order valence-corrected chi connectivity index (χ3v) is 4.87. The summed E-state index contributed by atoms with van der Waals surface area (Å²) in [6.45, 7) is 4.87. The van der Waals surface area contributed by atoms with E-state index in [1.807, 2.05) is 55.7 Å². The van der Waals surface area contributed by atoms with Gasteiger partial charge in [-0.15, -0.1) is 0 Å². The van der Waals surface area contributed by atoms with Gasteiger partial charge in [0.2, 0.25) is 5.91 Å². The van der Waals surface area contributed by atoms with Crippen molar-refractivity contribution in [3.63, 3.8) is 0 Å². The van der Waals surface area contributed by atoms with E-state index in [-0.39, 0.29) is 11.8 Å². The quantitative estimate of drug-likeness (QED) is 0.612. The number of fused-ring (bicyclic) bond motifs is 1. The lowest BCUT2D eigenvalue weighted by atomic mass is 9.91. The number of imidazole rings is 1. The summed E-state index contributed by atoms with van der Waals surface area (Å²) in [6, 6.07) is 11.9. The predicted octanol–water partition coefficient (Wildman–Crippen LogP) is 4.09. The Kier molecular flexibility index (Phi) is 6.12. The molecule has 0 aliphatic heterocycles. The zero-order valence-electron chi connectivity index (χ0n) is 16.2. The van der Waals surface area contributed by atoms with Crippen molar-refractivity contribution in [2.45, 2.75) is 39.0 Å². The van der Waals surface area contributed by atoms with Crippen molar-refractivity contribution in [3.05, 3.63) is 65.6 Å². The molecular formula is C22H27N3O2. The van der Waals surface area contributed by atoms with Crippen molar-refractivity contribution < 1.29 is 9.53 Å². The largest absolute Gasteiger partial charge is 0.496 e. The van der Waals surface area contributed by atoms with Gasteiger partial charge in [-0.05, 0) is 31.0 Å². The van der Waals surface area contributed by atoms with E-state index in [0.717, 1.165) is 41.1 Å². The molecule has 0 fully saturated rings. The van der Waals surface area contributed by atoms with Crippen LogP contribution in [0.4, 0.5) is 0 Å². The Morgan fingerprint density at radius 3 is 2.85 bits per heavy atom. The zero-order valence-corrected chi connectivity index (χ0v) is 16.2. The van der Waals surface area contributed by atoms with Crippen LogP contribution in [0.1, 0.15) is 48.9 Å². The number of nitrogens with zero attached hydrogens (tertiary/aromatic N) is 2. The van der Waals surface area contributed by atoms with Crippen LogP contribution in [0, 0.1) is 6.92 Å². The van der Waals surface area contributed by atoms with E-state index in [4.69, 9.17) is 4.74 Å². The van der Waals surface area contributed by atoms with Gasteiger partial charge >= 0.3 is 0 Å². The van der Waals surface area contributed by atoms with Crippen molar-refractivity contribution in [2.24, 2.45) is 0 Å². The number of unbranched alkanes of at least 4 members (excludes halogenated alkanes) is 1. The third-order valence-electron chi connectivity index (χ3n) is 4.87. The lowest BCUT2D eigenvalue weighted by Crippen LogP contribution is -2.26. The molecule has 2 aromatic heterocycles. The minimum absolute atomic E-state index is 0.0435. The van der Waals surface area contributed by atoms with E-state index >= 15 is 0 Å². The zero-order chi connectivity index (χ0) is 19.2.